The molecule has 0 radical (unpaired) electrons. The quantitative estimate of drug-likeness (QED) is 0.556. The number of para-hydroxylation sites is 1. The number of imidazole rings is 1. The van der Waals surface area contributed by atoms with E-state index < -0.39 is 0 Å². The van der Waals surface area contributed by atoms with Gasteiger partial charge in [0.1, 0.15) is 12.0 Å². The first-order valence-corrected chi connectivity index (χ1v) is 8.44. The number of rotatable bonds is 2. The lowest BCUT2D eigenvalue weighted by atomic mass is 10.1. The van der Waals surface area contributed by atoms with Crippen molar-refractivity contribution in [2.24, 2.45) is 0 Å². The van der Waals surface area contributed by atoms with Gasteiger partial charge < -0.3 is 9.09 Å². The Kier molecular flexibility index (Phi) is 3.23. The van der Waals surface area contributed by atoms with Crippen molar-refractivity contribution in [2.75, 3.05) is 0 Å². The van der Waals surface area contributed by atoms with E-state index in [0.717, 1.165) is 36.2 Å². The number of nitrogens with zero attached hydrogens (tertiary/aromatic N) is 4. The van der Waals surface area contributed by atoms with E-state index in [4.69, 9.17) is 4.52 Å². The van der Waals surface area contributed by atoms with Crippen LogP contribution in [-0.4, -0.2) is 19.7 Å². The largest absolute Gasteiger partial charge is 0.332 e. The molecule has 1 aliphatic rings. The molecule has 0 saturated heterocycles. The lowest BCUT2D eigenvalue weighted by Gasteiger charge is -2.08. The topological polar surface area (TPSA) is 56.7 Å². The first-order chi connectivity index (χ1) is 12.4. The molecule has 0 amide bonds. The maximum absolute atomic E-state index is 5.52. The van der Waals surface area contributed by atoms with Crippen LogP contribution in [-0.2, 0) is 12.8 Å². The zero-order chi connectivity index (χ0) is 16.6. The molecule has 0 saturated carbocycles. The van der Waals surface area contributed by atoms with Crippen LogP contribution >= 0.6 is 0 Å². The van der Waals surface area contributed by atoms with Gasteiger partial charge >= 0.3 is 0 Å². The second kappa shape index (κ2) is 5.70. The Labute approximate surface area is 145 Å². The molecule has 0 N–H and O–H groups in total. The summed E-state index contributed by atoms with van der Waals surface area (Å²) in [6, 6.07) is 18.3. The summed E-state index contributed by atoms with van der Waals surface area (Å²) >= 11 is 0. The van der Waals surface area contributed by atoms with Gasteiger partial charge in [0.2, 0.25) is 5.82 Å². The zero-order valence-corrected chi connectivity index (χ0v) is 13.6. The SMILES string of the molecule is c1ccc(-c2noc(-c3ncn4c3CCCc3ccccc3-4)n2)cc1. The summed E-state index contributed by atoms with van der Waals surface area (Å²) < 4.78 is 7.68. The van der Waals surface area contributed by atoms with E-state index in [1.165, 1.54) is 11.3 Å². The number of aryl methyl sites for hydroxylation is 1. The van der Waals surface area contributed by atoms with E-state index in [9.17, 15) is 0 Å². The molecule has 5 heteroatoms. The van der Waals surface area contributed by atoms with Crippen LogP contribution in [0.4, 0.5) is 0 Å². The van der Waals surface area contributed by atoms with Crippen molar-refractivity contribution in [2.45, 2.75) is 19.3 Å². The molecule has 0 unspecified atom stereocenters. The predicted molar refractivity (Wildman–Crippen MR) is 94.3 cm³/mol. The number of hydrogen-bond acceptors (Lipinski definition) is 4. The van der Waals surface area contributed by atoms with Crippen LogP contribution in [0.3, 0.4) is 0 Å². The summed E-state index contributed by atoms with van der Waals surface area (Å²) in [6.07, 6.45) is 4.94. The van der Waals surface area contributed by atoms with Gasteiger partial charge in [-0.05, 0) is 30.9 Å². The lowest BCUT2D eigenvalue weighted by Crippen LogP contribution is -1.98. The molecule has 0 aliphatic carbocycles. The maximum atomic E-state index is 5.52. The van der Waals surface area contributed by atoms with Crippen LogP contribution in [0.25, 0.3) is 28.7 Å². The Bertz CT molecular complexity index is 1030. The molecule has 4 aromatic rings. The summed E-state index contributed by atoms with van der Waals surface area (Å²) in [5.74, 6) is 1.07. The summed E-state index contributed by atoms with van der Waals surface area (Å²) in [4.78, 5) is 9.15. The van der Waals surface area contributed by atoms with Crippen molar-refractivity contribution < 1.29 is 4.52 Å². The minimum Gasteiger partial charge on any atom is -0.332 e. The van der Waals surface area contributed by atoms with Gasteiger partial charge in [-0.25, -0.2) is 4.98 Å². The van der Waals surface area contributed by atoms with E-state index in [0.29, 0.717) is 11.7 Å². The molecule has 0 bridgehead atoms. The molecule has 122 valence electrons. The van der Waals surface area contributed by atoms with Crippen molar-refractivity contribution in [3.63, 3.8) is 0 Å². The van der Waals surface area contributed by atoms with Gasteiger partial charge in [-0.1, -0.05) is 53.7 Å². The zero-order valence-electron chi connectivity index (χ0n) is 13.6. The van der Waals surface area contributed by atoms with Crippen molar-refractivity contribution in [3.05, 3.63) is 72.2 Å². The van der Waals surface area contributed by atoms with E-state index >= 15 is 0 Å². The van der Waals surface area contributed by atoms with E-state index in [-0.39, 0.29) is 0 Å². The molecule has 3 heterocycles. The standard InChI is InChI=1S/C20H16N4O/c1-2-8-15(9-3-1)19-22-20(25-23-19)18-17-12-6-10-14-7-4-5-11-16(14)24(17)13-21-18/h1-5,7-9,11,13H,6,10,12H2. The highest BCUT2D eigenvalue weighted by Gasteiger charge is 2.22. The smallest absolute Gasteiger partial charge is 0.278 e. The van der Waals surface area contributed by atoms with Crippen molar-refractivity contribution >= 4 is 0 Å². The third kappa shape index (κ3) is 2.36. The summed E-state index contributed by atoms with van der Waals surface area (Å²) in [7, 11) is 0. The Morgan fingerprint density at radius 1 is 0.920 bits per heavy atom. The van der Waals surface area contributed by atoms with Crippen LogP contribution in [0, 0.1) is 0 Å². The van der Waals surface area contributed by atoms with E-state index in [1.807, 2.05) is 36.7 Å². The van der Waals surface area contributed by atoms with Gasteiger partial charge in [-0.3, -0.25) is 0 Å². The highest BCUT2D eigenvalue weighted by Crippen LogP contribution is 2.30. The fraction of sp³-hybridized carbons (Fsp3) is 0.150. The Morgan fingerprint density at radius 3 is 2.68 bits per heavy atom. The molecule has 5 nitrogen and oxygen atoms in total. The van der Waals surface area contributed by atoms with Crippen LogP contribution in [0.2, 0.25) is 0 Å². The minimum atomic E-state index is 0.479. The highest BCUT2D eigenvalue weighted by atomic mass is 16.5. The molecule has 0 spiro atoms. The molecule has 0 atom stereocenters. The van der Waals surface area contributed by atoms with Crippen molar-refractivity contribution in [1.29, 1.82) is 0 Å². The molecule has 2 aromatic carbocycles. The van der Waals surface area contributed by atoms with Crippen LogP contribution in [0.5, 0.6) is 0 Å². The number of fused-ring (bicyclic) bond motifs is 3. The molecule has 25 heavy (non-hydrogen) atoms. The third-order valence-corrected chi connectivity index (χ3v) is 4.64. The average Bonchev–Trinajstić information content (AvgIpc) is 3.26. The molecule has 0 fully saturated rings. The molecule has 1 aliphatic heterocycles. The first kappa shape index (κ1) is 14.2. The van der Waals surface area contributed by atoms with E-state index in [1.54, 1.807) is 0 Å². The Balaban J connectivity index is 1.60. The van der Waals surface area contributed by atoms with E-state index in [2.05, 4.69) is 44.0 Å². The molecular formula is C20H16N4O. The van der Waals surface area contributed by atoms with Gasteiger partial charge in [0.05, 0.1) is 5.69 Å². The monoisotopic (exact) mass is 328 g/mol. The molecule has 5 rings (SSSR count). The van der Waals surface area contributed by atoms with Crippen molar-refractivity contribution in [1.82, 2.24) is 19.7 Å². The summed E-state index contributed by atoms with van der Waals surface area (Å²) in [5, 5.41) is 4.12. The average molecular weight is 328 g/mol. The Morgan fingerprint density at radius 2 is 1.76 bits per heavy atom. The lowest BCUT2D eigenvalue weighted by molar-refractivity contribution is 0.430. The Hall–Kier alpha value is -3.21. The number of aromatic nitrogens is 4. The normalized spacial score (nSPS) is 13.1. The van der Waals surface area contributed by atoms with Gasteiger partial charge in [0.15, 0.2) is 0 Å². The summed E-state index contributed by atoms with van der Waals surface area (Å²) in [5.41, 5.74) is 5.39. The highest BCUT2D eigenvalue weighted by molar-refractivity contribution is 5.60. The molecule has 2 aromatic heterocycles. The second-order valence-corrected chi connectivity index (χ2v) is 6.18. The predicted octanol–water partition coefficient (Wildman–Crippen LogP) is 4.08. The van der Waals surface area contributed by atoms with Crippen LogP contribution in [0.1, 0.15) is 17.7 Å². The third-order valence-electron chi connectivity index (χ3n) is 4.64. The van der Waals surface area contributed by atoms with Gasteiger partial charge in [0.25, 0.3) is 5.89 Å². The van der Waals surface area contributed by atoms with Gasteiger partial charge in [-0.2, -0.15) is 4.98 Å². The number of benzene rings is 2. The fourth-order valence-corrected chi connectivity index (χ4v) is 3.43. The van der Waals surface area contributed by atoms with Gasteiger partial charge in [0, 0.05) is 11.3 Å². The van der Waals surface area contributed by atoms with Crippen molar-refractivity contribution in [3.8, 4) is 28.7 Å². The van der Waals surface area contributed by atoms with Gasteiger partial charge in [-0.15, -0.1) is 0 Å². The number of hydrogen-bond donors (Lipinski definition) is 0. The van der Waals surface area contributed by atoms with Crippen LogP contribution in [0.15, 0.2) is 65.4 Å². The summed E-state index contributed by atoms with van der Waals surface area (Å²) in [6.45, 7) is 0. The second-order valence-electron chi connectivity index (χ2n) is 6.18. The first-order valence-electron chi connectivity index (χ1n) is 8.44. The maximum Gasteiger partial charge on any atom is 0.278 e. The fourth-order valence-electron chi connectivity index (χ4n) is 3.43. The van der Waals surface area contributed by atoms with Crippen LogP contribution < -0.4 is 0 Å². The minimum absolute atomic E-state index is 0.479. The molecular weight excluding hydrogens is 312 g/mol.